The molecule has 0 fully saturated rings. The number of carbonyl (C=O) groups excluding carboxylic acids is 2. The van der Waals surface area contributed by atoms with Gasteiger partial charge in [0.1, 0.15) is 0 Å². The Hall–Kier alpha value is -2.35. The highest BCUT2D eigenvalue weighted by Gasteiger charge is 2.17. The highest BCUT2D eigenvalue weighted by Crippen LogP contribution is 2.31. The number of anilines is 1. The molecule has 8 heteroatoms. The van der Waals surface area contributed by atoms with Crippen LogP contribution in [0.3, 0.4) is 0 Å². The molecule has 0 saturated carbocycles. The van der Waals surface area contributed by atoms with Crippen molar-refractivity contribution in [2.75, 3.05) is 5.32 Å². The van der Waals surface area contributed by atoms with Gasteiger partial charge in [0.2, 0.25) is 11.8 Å². The van der Waals surface area contributed by atoms with E-state index in [9.17, 15) is 9.59 Å². The molecule has 0 radical (unpaired) electrons. The van der Waals surface area contributed by atoms with Crippen molar-refractivity contribution in [2.24, 2.45) is 0 Å². The van der Waals surface area contributed by atoms with Crippen LogP contribution in [0.25, 0.3) is 11.3 Å². The van der Waals surface area contributed by atoms with Crippen molar-refractivity contribution in [3.8, 4) is 11.3 Å². The van der Waals surface area contributed by atoms with Crippen molar-refractivity contribution in [3.63, 3.8) is 0 Å². The van der Waals surface area contributed by atoms with Crippen LogP contribution in [0.5, 0.6) is 0 Å². The van der Waals surface area contributed by atoms with Crippen LogP contribution in [-0.4, -0.2) is 22.0 Å². The van der Waals surface area contributed by atoms with Crippen molar-refractivity contribution < 1.29 is 9.59 Å². The predicted octanol–water partition coefficient (Wildman–Crippen LogP) is 5.78. The molecule has 0 unspecified atom stereocenters. The Labute approximate surface area is 189 Å². The van der Waals surface area contributed by atoms with Gasteiger partial charge in [-0.25, -0.2) is 4.98 Å². The molecule has 2 atom stereocenters. The van der Waals surface area contributed by atoms with Crippen LogP contribution in [0.4, 0.5) is 5.13 Å². The molecule has 3 aromatic rings. The van der Waals surface area contributed by atoms with Gasteiger partial charge in [-0.2, -0.15) is 0 Å². The van der Waals surface area contributed by atoms with Gasteiger partial charge < -0.3 is 10.6 Å². The number of aromatic nitrogens is 1. The molecule has 5 nitrogen and oxygen atoms in total. The molecule has 0 aliphatic carbocycles. The minimum atomic E-state index is -0.313. The number of benzene rings is 2. The number of carbonyl (C=O) groups is 2. The maximum atomic E-state index is 12.5. The van der Waals surface area contributed by atoms with Crippen LogP contribution in [0, 0.1) is 0 Å². The van der Waals surface area contributed by atoms with E-state index in [1.165, 1.54) is 30.0 Å². The summed E-state index contributed by atoms with van der Waals surface area (Å²) in [7, 11) is 0. The standard InChI is InChI=1S/C22H22ClN3O2S2/c1-13(24-15(3)27)16-8-10-17(11-9-16)19-12-29-22(25-19)26-21(28)14(2)30-20-7-5-4-6-18(20)23/h4-14H,1-3H3,(H,24,27)(H,25,26,28)/t13-,14+/m0/s1. The summed E-state index contributed by atoms with van der Waals surface area (Å²) in [6, 6.07) is 15.3. The molecule has 30 heavy (non-hydrogen) atoms. The second-order valence-electron chi connectivity index (χ2n) is 6.76. The average Bonchev–Trinajstić information content (AvgIpc) is 3.17. The van der Waals surface area contributed by atoms with E-state index in [2.05, 4.69) is 15.6 Å². The summed E-state index contributed by atoms with van der Waals surface area (Å²) < 4.78 is 0. The zero-order chi connectivity index (χ0) is 21.7. The Morgan fingerprint density at radius 1 is 1.10 bits per heavy atom. The first-order valence-corrected chi connectivity index (χ1v) is 11.5. The number of nitrogens with zero attached hydrogens (tertiary/aromatic N) is 1. The topological polar surface area (TPSA) is 71.1 Å². The maximum Gasteiger partial charge on any atom is 0.239 e. The molecule has 1 aromatic heterocycles. The van der Waals surface area contributed by atoms with Crippen molar-refractivity contribution in [3.05, 3.63) is 64.5 Å². The quantitative estimate of drug-likeness (QED) is 0.439. The number of thioether (sulfide) groups is 1. The number of hydrogen-bond acceptors (Lipinski definition) is 5. The molecular formula is C22H22ClN3O2S2. The van der Waals surface area contributed by atoms with Crippen molar-refractivity contribution in [1.82, 2.24) is 10.3 Å². The van der Waals surface area contributed by atoms with Gasteiger partial charge in [-0.3, -0.25) is 9.59 Å². The summed E-state index contributed by atoms with van der Waals surface area (Å²) in [5.41, 5.74) is 2.76. The Bertz CT molecular complexity index is 1040. The summed E-state index contributed by atoms with van der Waals surface area (Å²) in [6.45, 7) is 5.28. The molecule has 2 N–H and O–H groups in total. The van der Waals surface area contributed by atoms with Gasteiger partial charge in [-0.15, -0.1) is 23.1 Å². The summed E-state index contributed by atoms with van der Waals surface area (Å²) in [5, 5.41) is 8.53. The highest BCUT2D eigenvalue weighted by atomic mass is 35.5. The van der Waals surface area contributed by atoms with Crippen LogP contribution in [0.2, 0.25) is 5.02 Å². The second kappa shape index (κ2) is 10.1. The van der Waals surface area contributed by atoms with Gasteiger partial charge in [0.15, 0.2) is 5.13 Å². The molecule has 2 amide bonds. The van der Waals surface area contributed by atoms with Crippen LogP contribution in [0.15, 0.2) is 58.8 Å². The van der Waals surface area contributed by atoms with E-state index in [0.29, 0.717) is 10.2 Å². The Balaban J connectivity index is 1.62. The first-order chi connectivity index (χ1) is 14.3. The van der Waals surface area contributed by atoms with Crippen molar-refractivity contribution in [1.29, 1.82) is 0 Å². The minimum absolute atomic E-state index is 0.0565. The van der Waals surface area contributed by atoms with Gasteiger partial charge in [0, 0.05) is 22.8 Å². The third kappa shape index (κ3) is 5.84. The molecule has 0 aliphatic rings. The van der Waals surface area contributed by atoms with Crippen LogP contribution < -0.4 is 10.6 Å². The van der Waals surface area contributed by atoms with E-state index in [-0.39, 0.29) is 23.1 Å². The monoisotopic (exact) mass is 459 g/mol. The highest BCUT2D eigenvalue weighted by molar-refractivity contribution is 8.00. The largest absolute Gasteiger partial charge is 0.350 e. The lowest BCUT2D eigenvalue weighted by molar-refractivity contribution is -0.119. The smallest absolute Gasteiger partial charge is 0.239 e. The Morgan fingerprint density at radius 3 is 2.47 bits per heavy atom. The van der Waals surface area contributed by atoms with Crippen molar-refractivity contribution >= 4 is 51.6 Å². The van der Waals surface area contributed by atoms with Gasteiger partial charge in [-0.05, 0) is 31.5 Å². The van der Waals surface area contributed by atoms with Crippen LogP contribution in [0.1, 0.15) is 32.4 Å². The van der Waals surface area contributed by atoms with E-state index in [1.807, 2.05) is 67.8 Å². The fraction of sp³-hybridized carbons (Fsp3) is 0.227. The zero-order valence-corrected chi connectivity index (χ0v) is 19.2. The Morgan fingerprint density at radius 2 is 1.80 bits per heavy atom. The zero-order valence-electron chi connectivity index (χ0n) is 16.8. The predicted molar refractivity (Wildman–Crippen MR) is 125 cm³/mol. The number of amides is 2. The lowest BCUT2D eigenvalue weighted by Gasteiger charge is -2.13. The molecule has 0 saturated heterocycles. The number of thiazole rings is 1. The van der Waals surface area contributed by atoms with Gasteiger partial charge in [0.25, 0.3) is 0 Å². The van der Waals surface area contributed by atoms with E-state index < -0.39 is 0 Å². The van der Waals surface area contributed by atoms with Gasteiger partial charge in [0.05, 0.1) is 22.0 Å². The number of rotatable bonds is 7. The molecule has 0 spiro atoms. The second-order valence-corrected chi connectivity index (χ2v) is 9.41. The number of halogens is 1. The first kappa shape index (κ1) is 22.3. The fourth-order valence-electron chi connectivity index (χ4n) is 2.79. The molecule has 2 aromatic carbocycles. The van der Waals surface area contributed by atoms with Crippen LogP contribution >= 0.6 is 34.7 Å². The summed E-state index contributed by atoms with van der Waals surface area (Å²) in [6.07, 6.45) is 0. The average molecular weight is 460 g/mol. The third-order valence-electron chi connectivity index (χ3n) is 4.37. The Kier molecular flexibility index (Phi) is 7.53. The molecule has 0 bridgehead atoms. The van der Waals surface area contributed by atoms with E-state index >= 15 is 0 Å². The third-order valence-corrected chi connectivity index (χ3v) is 6.75. The SMILES string of the molecule is CC(=O)N[C@@H](C)c1ccc(-c2csc(NC(=O)[C@@H](C)Sc3ccccc3Cl)n2)cc1. The molecule has 3 rings (SSSR count). The summed E-state index contributed by atoms with van der Waals surface area (Å²) >= 11 is 8.97. The van der Waals surface area contributed by atoms with Crippen LogP contribution in [-0.2, 0) is 9.59 Å². The normalized spacial score (nSPS) is 12.8. The van der Waals surface area contributed by atoms with Gasteiger partial charge in [-0.1, -0.05) is 48.0 Å². The lowest BCUT2D eigenvalue weighted by atomic mass is 10.1. The van der Waals surface area contributed by atoms with Crippen molar-refractivity contribution in [2.45, 2.75) is 37.0 Å². The van der Waals surface area contributed by atoms with E-state index in [0.717, 1.165) is 21.7 Å². The summed E-state index contributed by atoms with van der Waals surface area (Å²) in [4.78, 5) is 29.2. The minimum Gasteiger partial charge on any atom is -0.350 e. The van der Waals surface area contributed by atoms with Gasteiger partial charge >= 0.3 is 0 Å². The molecule has 1 heterocycles. The maximum absolute atomic E-state index is 12.5. The number of hydrogen-bond donors (Lipinski definition) is 2. The van der Waals surface area contributed by atoms with E-state index in [1.54, 1.807) is 0 Å². The first-order valence-electron chi connectivity index (χ1n) is 9.38. The summed E-state index contributed by atoms with van der Waals surface area (Å²) in [5.74, 6) is -0.186. The fourth-order valence-corrected chi connectivity index (χ4v) is 4.66. The molecular weight excluding hydrogens is 438 g/mol. The lowest BCUT2D eigenvalue weighted by Crippen LogP contribution is -2.23. The molecule has 0 aliphatic heterocycles. The molecule has 156 valence electrons. The number of nitrogens with one attached hydrogen (secondary N) is 2. The van der Waals surface area contributed by atoms with E-state index in [4.69, 9.17) is 11.6 Å².